The summed E-state index contributed by atoms with van der Waals surface area (Å²) >= 11 is 0. The summed E-state index contributed by atoms with van der Waals surface area (Å²) in [5, 5.41) is 0. The standard InChI is InChI=1S/C47H78O3/c1-9-10-11-12-15-21-43-35(5)36(6)44(50-43)22-16-13-14-17-23-45(48)49-38-28-30-46(7)37(32-38)24-25-39-41-27-26-40(34(4)20-18-19-33(2)3)47(41,8)31-29-42(39)46/h24,33-34,38-42H,9-23,25-32H2,1-8H3. The molecule has 0 bridgehead atoms. The highest BCUT2D eigenvalue weighted by molar-refractivity contribution is 5.69. The maximum atomic E-state index is 13.0. The zero-order valence-electron chi connectivity index (χ0n) is 34.1. The molecular weight excluding hydrogens is 613 g/mol. The van der Waals surface area contributed by atoms with Crippen LogP contribution in [0.4, 0.5) is 0 Å². The molecule has 1 heterocycles. The molecule has 8 unspecified atom stereocenters. The van der Waals surface area contributed by atoms with E-state index in [1.807, 2.05) is 0 Å². The first-order valence-electron chi connectivity index (χ1n) is 21.9. The number of carbonyl (C=O) groups is 1. The van der Waals surface area contributed by atoms with Gasteiger partial charge >= 0.3 is 5.97 Å². The van der Waals surface area contributed by atoms with E-state index < -0.39 is 0 Å². The minimum Gasteiger partial charge on any atom is -0.466 e. The molecule has 50 heavy (non-hydrogen) atoms. The Morgan fingerprint density at radius 1 is 0.820 bits per heavy atom. The van der Waals surface area contributed by atoms with E-state index >= 15 is 0 Å². The first kappa shape index (κ1) is 39.7. The highest BCUT2D eigenvalue weighted by Crippen LogP contribution is 2.67. The monoisotopic (exact) mass is 691 g/mol. The molecule has 0 N–H and O–H groups in total. The molecule has 0 aliphatic heterocycles. The zero-order valence-corrected chi connectivity index (χ0v) is 34.1. The predicted octanol–water partition coefficient (Wildman–Crippen LogP) is 13.9. The minimum absolute atomic E-state index is 0.0296. The molecule has 4 aliphatic rings. The number of esters is 1. The van der Waals surface area contributed by atoms with Crippen LogP contribution < -0.4 is 0 Å². The first-order valence-corrected chi connectivity index (χ1v) is 21.9. The lowest BCUT2D eigenvalue weighted by molar-refractivity contribution is -0.151. The van der Waals surface area contributed by atoms with Crippen molar-refractivity contribution in [3.63, 3.8) is 0 Å². The number of furan rings is 1. The van der Waals surface area contributed by atoms with Gasteiger partial charge in [-0.3, -0.25) is 4.79 Å². The number of rotatable bonds is 19. The number of hydrogen-bond donors (Lipinski definition) is 0. The molecule has 0 aromatic carbocycles. The fourth-order valence-electron chi connectivity index (χ4n) is 12.0. The summed E-state index contributed by atoms with van der Waals surface area (Å²) in [6, 6.07) is 0. The molecule has 0 radical (unpaired) electrons. The van der Waals surface area contributed by atoms with Gasteiger partial charge in [-0.25, -0.2) is 0 Å². The van der Waals surface area contributed by atoms with Gasteiger partial charge in [-0.05, 0) is 136 Å². The molecule has 5 rings (SSSR count). The van der Waals surface area contributed by atoms with Gasteiger partial charge in [-0.15, -0.1) is 0 Å². The number of unbranched alkanes of at least 4 members (excludes halogenated alkanes) is 7. The van der Waals surface area contributed by atoms with E-state index in [0.29, 0.717) is 17.3 Å². The highest BCUT2D eigenvalue weighted by Gasteiger charge is 2.59. The Labute approximate surface area is 308 Å². The van der Waals surface area contributed by atoms with Crippen LogP contribution in [0.1, 0.15) is 199 Å². The van der Waals surface area contributed by atoms with Crippen LogP contribution in [0.5, 0.6) is 0 Å². The minimum atomic E-state index is 0.0296. The van der Waals surface area contributed by atoms with Crippen LogP contribution in [0.2, 0.25) is 0 Å². The summed E-state index contributed by atoms with van der Waals surface area (Å²) in [5.74, 6) is 7.63. The number of aryl methyl sites for hydroxylation is 2. The van der Waals surface area contributed by atoms with Crippen LogP contribution >= 0.6 is 0 Å². The van der Waals surface area contributed by atoms with Gasteiger partial charge in [0.05, 0.1) is 0 Å². The van der Waals surface area contributed by atoms with Crippen molar-refractivity contribution in [3.8, 4) is 0 Å². The number of fused-ring (bicyclic) bond motifs is 5. The van der Waals surface area contributed by atoms with Crippen LogP contribution in [0, 0.1) is 60.2 Å². The third kappa shape index (κ3) is 9.16. The number of carbonyl (C=O) groups excluding carboxylic acids is 1. The number of hydrogen-bond acceptors (Lipinski definition) is 3. The van der Waals surface area contributed by atoms with Crippen molar-refractivity contribution in [1.29, 1.82) is 0 Å². The Morgan fingerprint density at radius 2 is 1.50 bits per heavy atom. The lowest BCUT2D eigenvalue weighted by atomic mass is 9.47. The number of allylic oxidation sites excluding steroid dienone is 1. The summed E-state index contributed by atoms with van der Waals surface area (Å²) in [7, 11) is 0. The van der Waals surface area contributed by atoms with Gasteiger partial charge in [0.25, 0.3) is 0 Å². The lowest BCUT2D eigenvalue weighted by Crippen LogP contribution is -2.51. The maximum Gasteiger partial charge on any atom is 0.306 e. The van der Waals surface area contributed by atoms with E-state index in [0.717, 1.165) is 86.9 Å². The Bertz CT molecular complexity index is 1250. The maximum absolute atomic E-state index is 13.0. The van der Waals surface area contributed by atoms with E-state index in [2.05, 4.69) is 61.5 Å². The fourth-order valence-corrected chi connectivity index (χ4v) is 12.0. The van der Waals surface area contributed by atoms with Crippen molar-refractivity contribution in [2.45, 2.75) is 209 Å². The molecule has 3 saturated carbocycles. The van der Waals surface area contributed by atoms with Gasteiger partial charge in [-0.1, -0.05) is 111 Å². The van der Waals surface area contributed by atoms with E-state index in [1.165, 1.54) is 113 Å². The third-order valence-corrected chi connectivity index (χ3v) is 15.2. The summed E-state index contributed by atoms with van der Waals surface area (Å²) in [6.07, 6.45) is 30.7. The van der Waals surface area contributed by atoms with Crippen molar-refractivity contribution in [1.82, 2.24) is 0 Å². The molecule has 284 valence electrons. The molecule has 3 fully saturated rings. The van der Waals surface area contributed by atoms with Crippen molar-refractivity contribution >= 4 is 5.97 Å². The van der Waals surface area contributed by atoms with Gasteiger partial charge < -0.3 is 9.15 Å². The average Bonchev–Trinajstić information content (AvgIpc) is 3.57. The van der Waals surface area contributed by atoms with Crippen molar-refractivity contribution in [3.05, 3.63) is 34.3 Å². The van der Waals surface area contributed by atoms with E-state index in [9.17, 15) is 4.79 Å². The van der Waals surface area contributed by atoms with Crippen molar-refractivity contribution in [2.24, 2.45) is 46.3 Å². The third-order valence-electron chi connectivity index (χ3n) is 15.2. The van der Waals surface area contributed by atoms with E-state index in [-0.39, 0.29) is 12.1 Å². The van der Waals surface area contributed by atoms with Gasteiger partial charge in [-0.2, -0.15) is 0 Å². The lowest BCUT2D eigenvalue weighted by Gasteiger charge is -2.58. The topological polar surface area (TPSA) is 39.4 Å². The summed E-state index contributed by atoms with van der Waals surface area (Å²) in [4.78, 5) is 13.0. The van der Waals surface area contributed by atoms with Crippen LogP contribution in [-0.2, 0) is 22.4 Å². The van der Waals surface area contributed by atoms with Crippen LogP contribution in [0.25, 0.3) is 0 Å². The first-order chi connectivity index (χ1) is 24.0. The smallest absolute Gasteiger partial charge is 0.306 e. The van der Waals surface area contributed by atoms with Gasteiger partial charge in [0.1, 0.15) is 17.6 Å². The Hall–Kier alpha value is -1.51. The number of ether oxygens (including phenoxy) is 1. The Morgan fingerprint density at radius 3 is 2.18 bits per heavy atom. The van der Waals surface area contributed by atoms with Crippen LogP contribution in [-0.4, -0.2) is 12.1 Å². The van der Waals surface area contributed by atoms with Crippen molar-refractivity contribution in [2.75, 3.05) is 0 Å². The second-order valence-corrected chi connectivity index (χ2v) is 18.9. The molecule has 3 nitrogen and oxygen atoms in total. The molecule has 1 aromatic heterocycles. The van der Waals surface area contributed by atoms with Gasteiger partial charge in [0.2, 0.25) is 0 Å². The van der Waals surface area contributed by atoms with E-state index in [4.69, 9.17) is 9.15 Å². The zero-order chi connectivity index (χ0) is 35.9. The highest BCUT2D eigenvalue weighted by atomic mass is 16.5. The van der Waals surface area contributed by atoms with Crippen molar-refractivity contribution < 1.29 is 13.9 Å². The second kappa shape index (κ2) is 18.0. The van der Waals surface area contributed by atoms with E-state index in [1.54, 1.807) is 5.57 Å². The summed E-state index contributed by atoms with van der Waals surface area (Å²) in [5.41, 5.74) is 5.21. The predicted molar refractivity (Wildman–Crippen MR) is 210 cm³/mol. The Balaban J connectivity index is 1.02. The fraction of sp³-hybridized carbons (Fsp3) is 0.851. The second-order valence-electron chi connectivity index (χ2n) is 18.9. The van der Waals surface area contributed by atoms with Crippen LogP contribution in [0.3, 0.4) is 0 Å². The molecular formula is C47H78O3. The largest absolute Gasteiger partial charge is 0.466 e. The molecule has 4 aliphatic carbocycles. The summed E-state index contributed by atoms with van der Waals surface area (Å²) < 4.78 is 12.5. The molecule has 8 atom stereocenters. The molecule has 3 heteroatoms. The molecule has 0 spiro atoms. The van der Waals surface area contributed by atoms with Gasteiger partial charge in [0, 0.05) is 25.7 Å². The van der Waals surface area contributed by atoms with Crippen LogP contribution in [0.15, 0.2) is 16.1 Å². The average molecular weight is 691 g/mol. The quantitative estimate of drug-likeness (QED) is 0.0824. The molecule has 1 aromatic rings. The Kier molecular flexibility index (Phi) is 14.3. The SMILES string of the molecule is CCCCCCCc1oc(CCCCCCC(=O)OC2CCC3(C)C(=CCC4C3CCC3(C)C(C(C)CCCC(C)C)CCC43)C2)c(C)c1C. The normalized spacial score (nSPS) is 31.2. The van der Waals surface area contributed by atoms with Gasteiger partial charge in [0.15, 0.2) is 0 Å². The molecule has 0 saturated heterocycles. The summed E-state index contributed by atoms with van der Waals surface area (Å²) in [6.45, 7) is 19.4. The molecule has 0 amide bonds.